The number of hydrogen-bond acceptors (Lipinski definition) is 4. The van der Waals surface area contributed by atoms with Crippen LogP contribution in [0.15, 0.2) is 48.5 Å². The van der Waals surface area contributed by atoms with Crippen molar-refractivity contribution in [3.05, 3.63) is 64.2 Å². The van der Waals surface area contributed by atoms with Gasteiger partial charge in [0.05, 0.1) is 11.5 Å². The standard InChI is InChI=1S/C16H15N3O3/c20-16(18-9-8-12-4-1-2-7-15(12)18)11-17-13-5-3-6-14(10-13)19(21)22/h1-7,10,17H,8-9,11H2. The van der Waals surface area contributed by atoms with E-state index in [2.05, 4.69) is 5.32 Å². The summed E-state index contributed by atoms with van der Waals surface area (Å²) < 4.78 is 0. The summed E-state index contributed by atoms with van der Waals surface area (Å²) in [6.45, 7) is 0.782. The van der Waals surface area contributed by atoms with Gasteiger partial charge in [-0.2, -0.15) is 0 Å². The molecule has 6 heteroatoms. The molecule has 1 aliphatic heterocycles. The van der Waals surface area contributed by atoms with Gasteiger partial charge in [-0.1, -0.05) is 24.3 Å². The van der Waals surface area contributed by atoms with E-state index in [9.17, 15) is 14.9 Å². The van der Waals surface area contributed by atoms with Crippen LogP contribution in [0.3, 0.4) is 0 Å². The van der Waals surface area contributed by atoms with Gasteiger partial charge in [-0.25, -0.2) is 0 Å². The van der Waals surface area contributed by atoms with Crippen molar-refractivity contribution in [1.29, 1.82) is 0 Å². The van der Waals surface area contributed by atoms with E-state index in [1.54, 1.807) is 17.0 Å². The first-order chi connectivity index (χ1) is 10.6. The summed E-state index contributed by atoms with van der Waals surface area (Å²) in [7, 11) is 0. The molecule has 6 nitrogen and oxygen atoms in total. The number of anilines is 2. The number of nitrogens with one attached hydrogen (secondary N) is 1. The fourth-order valence-electron chi connectivity index (χ4n) is 2.60. The molecule has 0 aromatic heterocycles. The normalized spacial score (nSPS) is 12.8. The lowest BCUT2D eigenvalue weighted by molar-refractivity contribution is -0.384. The number of benzene rings is 2. The molecule has 0 bridgehead atoms. The Kier molecular flexibility index (Phi) is 3.74. The smallest absolute Gasteiger partial charge is 0.271 e. The highest BCUT2D eigenvalue weighted by Crippen LogP contribution is 2.27. The topological polar surface area (TPSA) is 75.5 Å². The van der Waals surface area contributed by atoms with Crippen LogP contribution in [0.5, 0.6) is 0 Å². The van der Waals surface area contributed by atoms with Gasteiger partial charge < -0.3 is 10.2 Å². The number of nitro groups is 1. The highest BCUT2D eigenvalue weighted by Gasteiger charge is 2.23. The van der Waals surface area contributed by atoms with Gasteiger partial charge in [-0.15, -0.1) is 0 Å². The first kappa shape index (κ1) is 14.1. The average molecular weight is 297 g/mol. The lowest BCUT2D eigenvalue weighted by atomic mass is 10.2. The third-order valence-electron chi connectivity index (χ3n) is 3.69. The second-order valence-corrected chi connectivity index (χ2v) is 5.09. The van der Waals surface area contributed by atoms with Gasteiger partial charge in [0.1, 0.15) is 0 Å². The lowest BCUT2D eigenvalue weighted by Gasteiger charge is -2.18. The summed E-state index contributed by atoms with van der Waals surface area (Å²) in [5.74, 6) is -0.0449. The van der Waals surface area contributed by atoms with E-state index in [4.69, 9.17) is 0 Å². The Hall–Kier alpha value is -2.89. The number of nitrogens with zero attached hydrogens (tertiary/aromatic N) is 2. The molecule has 1 aliphatic rings. The van der Waals surface area contributed by atoms with Gasteiger partial charge in [0.25, 0.3) is 5.69 Å². The van der Waals surface area contributed by atoms with Crippen molar-refractivity contribution >= 4 is 23.0 Å². The Morgan fingerprint density at radius 3 is 2.86 bits per heavy atom. The molecular formula is C16H15N3O3. The number of rotatable bonds is 4. The molecule has 112 valence electrons. The van der Waals surface area contributed by atoms with Crippen LogP contribution in [-0.4, -0.2) is 23.9 Å². The molecule has 0 aliphatic carbocycles. The maximum Gasteiger partial charge on any atom is 0.271 e. The van der Waals surface area contributed by atoms with Crippen LogP contribution in [0, 0.1) is 10.1 Å². The van der Waals surface area contributed by atoms with E-state index < -0.39 is 4.92 Å². The maximum absolute atomic E-state index is 12.3. The summed E-state index contributed by atoms with van der Waals surface area (Å²) in [6, 6.07) is 14.0. The molecule has 0 spiro atoms. The number of carbonyl (C=O) groups is 1. The average Bonchev–Trinajstić information content (AvgIpc) is 2.97. The number of carbonyl (C=O) groups excluding carboxylic acids is 1. The Bertz CT molecular complexity index is 730. The predicted molar refractivity (Wildman–Crippen MR) is 84.1 cm³/mol. The number of nitro benzene ring substituents is 1. The predicted octanol–water partition coefficient (Wildman–Crippen LogP) is 2.60. The van der Waals surface area contributed by atoms with Crippen LogP contribution in [0.2, 0.25) is 0 Å². The molecule has 2 aromatic rings. The first-order valence-corrected chi connectivity index (χ1v) is 7.02. The number of amides is 1. The molecule has 3 rings (SSSR count). The van der Waals surface area contributed by atoms with Gasteiger partial charge in [-0.3, -0.25) is 14.9 Å². The van der Waals surface area contributed by atoms with Gasteiger partial charge in [-0.05, 0) is 24.1 Å². The van der Waals surface area contributed by atoms with Gasteiger partial charge in [0.15, 0.2) is 0 Å². The van der Waals surface area contributed by atoms with Crippen LogP contribution in [0.1, 0.15) is 5.56 Å². The second-order valence-electron chi connectivity index (χ2n) is 5.09. The summed E-state index contributed by atoms with van der Waals surface area (Å²) >= 11 is 0. The zero-order valence-electron chi connectivity index (χ0n) is 11.9. The molecule has 2 aromatic carbocycles. The number of hydrogen-bond donors (Lipinski definition) is 1. The largest absolute Gasteiger partial charge is 0.376 e. The Morgan fingerprint density at radius 2 is 2.05 bits per heavy atom. The van der Waals surface area contributed by atoms with Crippen molar-refractivity contribution in [1.82, 2.24) is 0 Å². The minimum Gasteiger partial charge on any atom is -0.376 e. The Balaban J connectivity index is 1.66. The summed E-state index contributed by atoms with van der Waals surface area (Å²) in [6.07, 6.45) is 0.860. The van der Waals surface area contributed by atoms with Crippen molar-refractivity contribution < 1.29 is 9.72 Å². The molecule has 22 heavy (non-hydrogen) atoms. The molecule has 0 radical (unpaired) electrons. The molecule has 0 fully saturated rings. The van der Waals surface area contributed by atoms with E-state index in [1.165, 1.54) is 17.7 Å². The minimum atomic E-state index is -0.455. The van der Waals surface area contributed by atoms with Crippen molar-refractivity contribution in [2.24, 2.45) is 0 Å². The molecule has 0 saturated heterocycles. The van der Waals surface area contributed by atoms with E-state index in [0.717, 1.165) is 12.1 Å². The van der Waals surface area contributed by atoms with E-state index in [-0.39, 0.29) is 18.1 Å². The number of fused-ring (bicyclic) bond motifs is 1. The maximum atomic E-state index is 12.3. The SMILES string of the molecule is O=C(CNc1cccc([N+](=O)[O-])c1)N1CCc2ccccc21. The summed E-state index contributed by atoms with van der Waals surface area (Å²) in [4.78, 5) is 24.4. The third-order valence-corrected chi connectivity index (χ3v) is 3.69. The monoisotopic (exact) mass is 297 g/mol. The van der Waals surface area contributed by atoms with Crippen LogP contribution >= 0.6 is 0 Å². The van der Waals surface area contributed by atoms with E-state index in [1.807, 2.05) is 24.3 Å². The second kappa shape index (κ2) is 5.85. The van der Waals surface area contributed by atoms with Crippen molar-refractivity contribution in [2.75, 3.05) is 23.3 Å². The molecule has 1 amide bonds. The Labute approximate surface area is 127 Å². The minimum absolute atomic E-state index is 0.00367. The summed E-state index contributed by atoms with van der Waals surface area (Å²) in [5.41, 5.74) is 2.69. The third kappa shape index (κ3) is 2.76. The van der Waals surface area contributed by atoms with Gasteiger partial charge in [0, 0.05) is 30.1 Å². The van der Waals surface area contributed by atoms with Gasteiger partial charge >= 0.3 is 0 Å². The van der Waals surface area contributed by atoms with Crippen molar-refractivity contribution in [3.8, 4) is 0 Å². The van der Waals surface area contributed by atoms with E-state index >= 15 is 0 Å². The van der Waals surface area contributed by atoms with Crippen LogP contribution in [0.4, 0.5) is 17.1 Å². The highest BCUT2D eigenvalue weighted by molar-refractivity contribution is 5.98. The highest BCUT2D eigenvalue weighted by atomic mass is 16.6. The molecule has 1 heterocycles. The Morgan fingerprint density at radius 1 is 1.23 bits per heavy atom. The number of non-ortho nitro benzene ring substituents is 1. The van der Waals surface area contributed by atoms with Crippen molar-refractivity contribution in [3.63, 3.8) is 0 Å². The van der Waals surface area contributed by atoms with Gasteiger partial charge in [0.2, 0.25) is 5.91 Å². The van der Waals surface area contributed by atoms with Crippen LogP contribution in [-0.2, 0) is 11.2 Å². The van der Waals surface area contributed by atoms with Crippen LogP contribution < -0.4 is 10.2 Å². The molecular weight excluding hydrogens is 282 g/mol. The fourth-order valence-corrected chi connectivity index (χ4v) is 2.60. The van der Waals surface area contributed by atoms with Crippen LogP contribution in [0.25, 0.3) is 0 Å². The van der Waals surface area contributed by atoms with Crippen molar-refractivity contribution in [2.45, 2.75) is 6.42 Å². The quantitative estimate of drug-likeness (QED) is 0.695. The summed E-state index contributed by atoms with van der Waals surface area (Å²) in [5, 5.41) is 13.7. The molecule has 1 N–H and O–H groups in total. The molecule has 0 saturated carbocycles. The zero-order chi connectivity index (χ0) is 15.5. The lowest BCUT2D eigenvalue weighted by Crippen LogP contribution is -2.34. The zero-order valence-corrected chi connectivity index (χ0v) is 11.9. The molecule has 0 atom stereocenters. The van der Waals surface area contributed by atoms with E-state index in [0.29, 0.717) is 12.2 Å². The number of para-hydroxylation sites is 1. The first-order valence-electron chi connectivity index (χ1n) is 7.02. The molecule has 0 unspecified atom stereocenters. The fraction of sp³-hybridized carbons (Fsp3) is 0.188.